The summed E-state index contributed by atoms with van der Waals surface area (Å²) in [6.07, 6.45) is 4.01. The summed E-state index contributed by atoms with van der Waals surface area (Å²) in [4.78, 5) is 11.0. The zero-order valence-electron chi connectivity index (χ0n) is 11.9. The van der Waals surface area contributed by atoms with Gasteiger partial charge in [-0.3, -0.25) is 0 Å². The van der Waals surface area contributed by atoms with Gasteiger partial charge < -0.3 is 10.8 Å². The van der Waals surface area contributed by atoms with Crippen molar-refractivity contribution in [1.82, 2.24) is 4.72 Å². The van der Waals surface area contributed by atoms with Gasteiger partial charge in [0, 0.05) is 12.2 Å². The Balaban J connectivity index is 2.25. The van der Waals surface area contributed by atoms with Gasteiger partial charge in [-0.15, -0.1) is 0 Å². The topological polar surface area (TPSA) is 109 Å². The van der Waals surface area contributed by atoms with Crippen LogP contribution < -0.4 is 10.5 Å². The number of anilines is 1. The lowest BCUT2D eigenvalue weighted by atomic mass is 9.67. The molecule has 2 rings (SSSR count). The molecule has 1 fully saturated rings. The summed E-state index contributed by atoms with van der Waals surface area (Å²) in [6.45, 7) is 2.38. The van der Waals surface area contributed by atoms with Crippen LogP contribution in [-0.4, -0.2) is 26.0 Å². The molecule has 0 radical (unpaired) electrons. The number of carbonyl (C=O) groups is 1. The van der Waals surface area contributed by atoms with Crippen LogP contribution in [0.3, 0.4) is 0 Å². The normalized spacial score (nSPS) is 17.2. The third kappa shape index (κ3) is 3.19. The minimum absolute atomic E-state index is 0.0181. The van der Waals surface area contributed by atoms with E-state index < -0.39 is 16.0 Å². The Morgan fingerprint density at radius 3 is 2.57 bits per heavy atom. The molecule has 1 aliphatic carbocycles. The zero-order valence-corrected chi connectivity index (χ0v) is 12.7. The van der Waals surface area contributed by atoms with Crippen molar-refractivity contribution in [2.24, 2.45) is 5.41 Å². The monoisotopic (exact) mass is 312 g/mol. The lowest BCUT2D eigenvalue weighted by Gasteiger charge is -2.41. The molecule has 0 aliphatic heterocycles. The van der Waals surface area contributed by atoms with Crippen molar-refractivity contribution in [1.29, 1.82) is 0 Å². The van der Waals surface area contributed by atoms with E-state index in [-0.39, 0.29) is 21.6 Å². The van der Waals surface area contributed by atoms with Gasteiger partial charge in [0.05, 0.1) is 10.5 Å². The van der Waals surface area contributed by atoms with Crippen molar-refractivity contribution in [3.63, 3.8) is 0 Å². The lowest BCUT2D eigenvalue weighted by Crippen LogP contribution is -2.41. The molecule has 7 heteroatoms. The molecule has 1 aromatic rings. The molecule has 21 heavy (non-hydrogen) atoms. The van der Waals surface area contributed by atoms with Crippen LogP contribution in [0.5, 0.6) is 0 Å². The van der Waals surface area contributed by atoms with E-state index in [1.165, 1.54) is 12.1 Å². The highest BCUT2D eigenvalue weighted by Gasteiger charge is 2.36. The summed E-state index contributed by atoms with van der Waals surface area (Å²) < 4.78 is 27.3. The number of carboxylic acid groups (broad SMARTS) is 1. The van der Waals surface area contributed by atoms with E-state index in [1.807, 2.05) is 6.92 Å². The second-order valence-electron chi connectivity index (χ2n) is 5.59. The molecule has 116 valence electrons. The number of benzene rings is 1. The van der Waals surface area contributed by atoms with Gasteiger partial charge in [-0.2, -0.15) is 0 Å². The van der Waals surface area contributed by atoms with Crippen LogP contribution in [0.4, 0.5) is 5.69 Å². The molecule has 6 nitrogen and oxygen atoms in total. The van der Waals surface area contributed by atoms with E-state index in [0.717, 1.165) is 31.7 Å². The fraction of sp³-hybridized carbons (Fsp3) is 0.500. The number of nitrogens with two attached hydrogens (primary N) is 1. The van der Waals surface area contributed by atoms with E-state index in [0.29, 0.717) is 6.54 Å². The van der Waals surface area contributed by atoms with Crippen molar-refractivity contribution < 1.29 is 18.3 Å². The van der Waals surface area contributed by atoms with Crippen LogP contribution in [0.1, 0.15) is 43.0 Å². The van der Waals surface area contributed by atoms with Gasteiger partial charge in [0.2, 0.25) is 10.0 Å². The third-order valence-corrected chi connectivity index (χ3v) is 5.78. The SMILES string of the molecule is CCC1(CNS(=O)(=O)c2ccc(N)cc2C(=O)O)CCC1. The molecular weight excluding hydrogens is 292 g/mol. The third-order valence-electron chi connectivity index (χ3n) is 4.32. The molecule has 4 N–H and O–H groups in total. The molecule has 0 spiro atoms. The molecule has 0 unspecified atom stereocenters. The number of nitrogen functional groups attached to an aromatic ring is 1. The number of carboxylic acids is 1. The predicted molar refractivity (Wildman–Crippen MR) is 79.6 cm³/mol. The maximum absolute atomic E-state index is 12.4. The average molecular weight is 312 g/mol. The highest BCUT2D eigenvalue weighted by atomic mass is 32.2. The summed E-state index contributed by atoms with van der Waals surface area (Å²) in [5.74, 6) is -1.31. The quantitative estimate of drug-likeness (QED) is 0.694. The Morgan fingerprint density at radius 1 is 1.43 bits per heavy atom. The van der Waals surface area contributed by atoms with Crippen molar-refractivity contribution >= 4 is 21.7 Å². The summed E-state index contributed by atoms with van der Waals surface area (Å²) in [6, 6.07) is 3.79. The summed E-state index contributed by atoms with van der Waals surface area (Å²) in [7, 11) is -3.86. The van der Waals surface area contributed by atoms with Gasteiger partial charge in [-0.1, -0.05) is 13.3 Å². The van der Waals surface area contributed by atoms with Gasteiger partial charge in [-0.05, 0) is 42.9 Å². The lowest BCUT2D eigenvalue weighted by molar-refractivity contribution is 0.0692. The van der Waals surface area contributed by atoms with Crippen molar-refractivity contribution in [2.45, 2.75) is 37.5 Å². The first-order valence-electron chi connectivity index (χ1n) is 6.92. The average Bonchev–Trinajstić information content (AvgIpc) is 2.37. The summed E-state index contributed by atoms with van der Waals surface area (Å²) in [5, 5.41) is 9.14. The molecule has 1 aromatic carbocycles. The number of aromatic carboxylic acids is 1. The Kier molecular flexibility index (Phi) is 4.25. The minimum atomic E-state index is -3.86. The Bertz CT molecular complexity index is 645. The maximum atomic E-state index is 12.4. The molecule has 0 aromatic heterocycles. The number of nitrogens with one attached hydrogen (secondary N) is 1. The smallest absolute Gasteiger partial charge is 0.337 e. The first kappa shape index (κ1) is 15.8. The zero-order chi connectivity index (χ0) is 15.7. The molecule has 0 saturated heterocycles. The van der Waals surface area contributed by atoms with Crippen LogP contribution in [0.15, 0.2) is 23.1 Å². The number of sulfonamides is 1. The molecular formula is C14H20N2O4S. The molecule has 0 heterocycles. The van der Waals surface area contributed by atoms with E-state index >= 15 is 0 Å². The Labute approximate surface area is 124 Å². The van der Waals surface area contributed by atoms with E-state index in [2.05, 4.69) is 4.72 Å². The number of hydrogen-bond donors (Lipinski definition) is 3. The second-order valence-corrected chi connectivity index (χ2v) is 7.33. The second kappa shape index (κ2) is 5.65. The number of rotatable bonds is 6. The molecule has 1 aliphatic rings. The molecule has 0 amide bonds. The highest BCUT2D eigenvalue weighted by molar-refractivity contribution is 7.89. The van der Waals surface area contributed by atoms with Crippen molar-refractivity contribution in [2.75, 3.05) is 12.3 Å². The largest absolute Gasteiger partial charge is 0.478 e. The summed E-state index contributed by atoms with van der Waals surface area (Å²) in [5.41, 5.74) is 5.46. The number of hydrogen-bond acceptors (Lipinski definition) is 4. The Morgan fingerprint density at radius 2 is 2.10 bits per heavy atom. The first-order chi connectivity index (χ1) is 9.80. The van der Waals surface area contributed by atoms with Crippen LogP contribution in [-0.2, 0) is 10.0 Å². The fourth-order valence-electron chi connectivity index (χ4n) is 2.61. The first-order valence-corrected chi connectivity index (χ1v) is 8.40. The van der Waals surface area contributed by atoms with Gasteiger partial charge in [0.25, 0.3) is 0 Å². The van der Waals surface area contributed by atoms with Crippen molar-refractivity contribution in [3.05, 3.63) is 23.8 Å². The molecule has 0 atom stereocenters. The van der Waals surface area contributed by atoms with E-state index in [9.17, 15) is 13.2 Å². The predicted octanol–water partition coefficient (Wildman–Crippen LogP) is 1.83. The highest BCUT2D eigenvalue weighted by Crippen LogP contribution is 2.43. The minimum Gasteiger partial charge on any atom is -0.478 e. The van der Waals surface area contributed by atoms with E-state index in [4.69, 9.17) is 10.8 Å². The van der Waals surface area contributed by atoms with E-state index in [1.54, 1.807) is 0 Å². The van der Waals surface area contributed by atoms with Crippen LogP contribution in [0.2, 0.25) is 0 Å². The molecule has 0 bridgehead atoms. The molecule has 1 saturated carbocycles. The van der Waals surface area contributed by atoms with Crippen LogP contribution in [0, 0.1) is 5.41 Å². The summed E-state index contributed by atoms with van der Waals surface area (Å²) >= 11 is 0. The van der Waals surface area contributed by atoms with Crippen molar-refractivity contribution in [3.8, 4) is 0 Å². The maximum Gasteiger partial charge on any atom is 0.337 e. The van der Waals surface area contributed by atoms with Gasteiger partial charge >= 0.3 is 5.97 Å². The van der Waals surface area contributed by atoms with Crippen LogP contribution >= 0.6 is 0 Å². The fourth-order valence-corrected chi connectivity index (χ4v) is 3.94. The Hall–Kier alpha value is -1.60. The van der Waals surface area contributed by atoms with Gasteiger partial charge in [-0.25, -0.2) is 17.9 Å². The van der Waals surface area contributed by atoms with Gasteiger partial charge in [0.15, 0.2) is 0 Å². The van der Waals surface area contributed by atoms with Crippen LogP contribution in [0.25, 0.3) is 0 Å². The van der Waals surface area contributed by atoms with Gasteiger partial charge in [0.1, 0.15) is 0 Å². The standard InChI is InChI=1S/C14H20N2O4S/c1-2-14(6-3-7-14)9-16-21(19,20)12-5-4-10(15)8-11(12)13(17)18/h4-5,8,16H,2-3,6-7,9,15H2,1H3,(H,17,18).